The number of rotatable bonds is 6. The van der Waals surface area contributed by atoms with E-state index in [2.05, 4.69) is 53.3 Å². The predicted molar refractivity (Wildman–Crippen MR) is 84.5 cm³/mol. The third-order valence-electron chi connectivity index (χ3n) is 2.88. The second-order valence-corrected chi connectivity index (χ2v) is 6.21. The van der Waals surface area contributed by atoms with Gasteiger partial charge in [-0.2, -0.15) is 0 Å². The smallest absolute Gasteiger partial charge is 0.135 e. The molecule has 0 aromatic carbocycles. The van der Waals surface area contributed by atoms with Crippen molar-refractivity contribution in [1.82, 2.24) is 15.0 Å². The van der Waals surface area contributed by atoms with Crippen LogP contribution in [0.25, 0.3) is 0 Å². The first kappa shape index (κ1) is 14.7. The van der Waals surface area contributed by atoms with Crippen molar-refractivity contribution in [3.63, 3.8) is 0 Å². The summed E-state index contributed by atoms with van der Waals surface area (Å²) in [7, 11) is 0. The molecule has 2 aromatic rings. The molecule has 0 spiro atoms. The molecule has 0 aliphatic carbocycles. The Hall–Kier alpha value is -1.69. The maximum absolute atomic E-state index is 4.38. The van der Waals surface area contributed by atoms with Crippen LogP contribution in [0.4, 0.5) is 11.6 Å². The van der Waals surface area contributed by atoms with Crippen LogP contribution in [0.2, 0.25) is 0 Å². The van der Waals surface area contributed by atoms with Gasteiger partial charge < -0.3 is 10.6 Å². The Morgan fingerprint density at radius 1 is 1.15 bits per heavy atom. The number of thiazole rings is 1. The zero-order valence-corrected chi connectivity index (χ0v) is 13.2. The van der Waals surface area contributed by atoms with Crippen molar-refractivity contribution in [3.05, 3.63) is 28.0 Å². The van der Waals surface area contributed by atoms with Gasteiger partial charge in [0.15, 0.2) is 0 Å². The fraction of sp³-hybridized carbons (Fsp3) is 0.500. The van der Waals surface area contributed by atoms with E-state index in [0.29, 0.717) is 12.5 Å². The molecule has 5 nitrogen and oxygen atoms in total. The third kappa shape index (κ3) is 3.45. The number of hydrogen-bond donors (Lipinski definition) is 2. The molecule has 0 saturated carbocycles. The highest BCUT2D eigenvalue weighted by Crippen LogP contribution is 2.28. The lowest BCUT2D eigenvalue weighted by molar-refractivity contribution is 0.843. The largest absolute Gasteiger partial charge is 0.370 e. The maximum Gasteiger partial charge on any atom is 0.135 e. The van der Waals surface area contributed by atoms with Crippen molar-refractivity contribution in [2.75, 3.05) is 17.2 Å². The third-order valence-corrected chi connectivity index (χ3v) is 3.79. The van der Waals surface area contributed by atoms with E-state index in [1.54, 1.807) is 17.7 Å². The highest BCUT2D eigenvalue weighted by molar-refractivity contribution is 7.11. The Bertz CT molecular complexity index is 564. The highest BCUT2D eigenvalue weighted by atomic mass is 32.1. The fourth-order valence-corrected chi connectivity index (χ4v) is 2.76. The molecule has 0 aliphatic heterocycles. The van der Waals surface area contributed by atoms with Crippen LogP contribution in [0.15, 0.2) is 12.5 Å². The lowest BCUT2D eigenvalue weighted by atomic mass is 10.0. The molecule has 6 heteroatoms. The number of hydrogen-bond acceptors (Lipinski definition) is 6. The van der Waals surface area contributed by atoms with Crippen LogP contribution in [-0.2, 0) is 6.54 Å². The van der Waals surface area contributed by atoms with Crippen molar-refractivity contribution < 1.29 is 0 Å². The molecule has 20 heavy (non-hydrogen) atoms. The minimum Gasteiger partial charge on any atom is -0.370 e. The van der Waals surface area contributed by atoms with Gasteiger partial charge in [-0.1, -0.05) is 13.8 Å². The van der Waals surface area contributed by atoms with Crippen molar-refractivity contribution in [1.29, 1.82) is 0 Å². The summed E-state index contributed by atoms with van der Waals surface area (Å²) >= 11 is 1.70. The van der Waals surface area contributed by atoms with E-state index in [1.165, 1.54) is 4.88 Å². The molecule has 0 aliphatic rings. The van der Waals surface area contributed by atoms with Crippen LogP contribution in [0.1, 0.15) is 42.1 Å². The topological polar surface area (TPSA) is 62.7 Å². The van der Waals surface area contributed by atoms with Crippen molar-refractivity contribution in [3.8, 4) is 0 Å². The van der Waals surface area contributed by atoms with Gasteiger partial charge in [0.1, 0.15) is 23.0 Å². The van der Waals surface area contributed by atoms with Gasteiger partial charge in [-0.05, 0) is 19.8 Å². The zero-order valence-electron chi connectivity index (χ0n) is 12.4. The van der Waals surface area contributed by atoms with E-state index in [-0.39, 0.29) is 0 Å². The van der Waals surface area contributed by atoms with Crippen molar-refractivity contribution in [2.24, 2.45) is 0 Å². The minimum atomic E-state index is 0.353. The molecule has 2 aromatic heterocycles. The minimum absolute atomic E-state index is 0.353. The first-order chi connectivity index (χ1) is 9.61. The Balaban J connectivity index is 2.19. The quantitative estimate of drug-likeness (QED) is 0.854. The summed E-state index contributed by atoms with van der Waals surface area (Å²) in [5, 5.41) is 7.75. The van der Waals surface area contributed by atoms with Gasteiger partial charge in [0.25, 0.3) is 0 Å². The highest BCUT2D eigenvalue weighted by Gasteiger charge is 2.14. The predicted octanol–water partition coefficient (Wildman–Crippen LogP) is 3.41. The monoisotopic (exact) mass is 291 g/mol. The normalized spacial score (nSPS) is 10.8. The number of aryl methyl sites for hydroxylation is 1. The number of aromatic nitrogens is 3. The summed E-state index contributed by atoms with van der Waals surface area (Å²) in [6.45, 7) is 9.98. The summed E-state index contributed by atoms with van der Waals surface area (Å²) in [5.74, 6) is 2.15. The Morgan fingerprint density at radius 2 is 1.85 bits per heavy atom. The van der Waals surface area contributed by atoms with E-state index in [4.69, 9.17) is 0 Å². The maximum atomic E-state index is 4.38. The average Bonchev–Trinajstić information content (AvgIpc) is 2.82. The van der Waals surface area contributed by atoms with Gasteiger partial charge in [0.05, 0.1) is 6.54 Å². The molecule has 0 saturated heterocycles. The molecule has 0 radical (unpaired) electrons. The Labute approximate surface area is 123 Å². The molecule has 2 heterocycles. The molecule has 0 bridgehead atoms. The van der Waals surface area contributed by atoms with E-state index in [9.17, 15) is 0 Å². The molecule has 2 rings (SSSR count). The van der Waals surface area contributed by atoms with Gasteiger partial charge >= 0.3 is 0 Å². The second-order valence-electron chi connectivity index (χ2n) is 4.89. The number of anilines is 2. The van der Waals surface area contributed by atoms with E-state index >= 15 is 0 Å². The summed E-state index contributed by atoms with van der Waals surface area (Å²) < 4.78 is 0. The molecular formula is C14H21N5S. The molecular weight excluding hydrogens is 270 g/mol. The van der Waals surface area contributed by atoms with Crippen molar-refractivity contribution in [2.45, 2.75) is 40.2 Å². The SMILES string of the molecule is CCNc1ncnc(NCc2ncc(C)s2)c1C(C)C. The van der Waals surface area contributed by atoms with Crippen LogP contribution >= 0.6 is 11.3 Å². The number of nitrogens with zero attached hydrogens (tertiary/aromatic N) is 3. The van der Waals surface area contributed by atoms with Crippen LogP contribution in [-0.4, -0.2) is 21.5 Å². The summed E-state index contributed by atoms with van der Waals surface area (Å²) in [5.41, 5.74) is 1.13. The molecule has 2 N–H and O–H groups in total. The Kier molecular flexibility index (Phi) is 4.89. The van der Waals surface area contributed by atoms with Crippen LogP contribution in [0.5, 0.6) is 0 Å². The van der Waals surface area contributed by atoms with E-state index in [0.717, 1.165) is 28.8 Å². The lowest BCUT2D eigenvalue weighted by Gasteiger charge is -2.16. The van der Waals surface area contributed by atoms with Crippen LogP contribution in [0, 0.1) is 6.92 Å². The lowest BCUT2D eigenvalue weighted by Crippen LogP contribution is -2.11. The Morgan fingerprint density at radius 3 is 2.40 bits per heavy atom. The molecule has 108 valence electrons. The number of nitrogens with one attached hydrogen (secondary N) is 2. The zero-order chi connectivity index (χ0) is 14.5. The average molecular weight is 291 g/mol. The summed E-state index contributed by atoms with van der Waals surface area (Å²) in [4.78, 5) is 14.3. The fourth-order valence-electron chi connectivity index (χ4n) is 2.03. The second kappa shape index (κ2) is 6.65. The van der Waals surface area contributed by atoms with Gasteiger partial charge in [-0.3, -0.25) is 0 Å². The van der Waals surface area contributed by atoms with E-state index < -0.39 is 0 Å². The van der Waals surface area contributed by atoms with Gasteiger partial charge in [0.2, 0.25) is 0 Å². The molecule has 0 atom stereocenters. The van der Waals surface area contributed by atoms with E-state index in [1.807, 2.05) is 6.20 Å². The van der Waals surface area contributed by atoms with Gasteiger partial charge in [0, 0.05) is 23.2 Å². The standard InChI is InChI=1S/C14H21N5S/c1-5-15-13-12(9(2)3)14(19-8-18-13)17-7-11-16-6-10(4)20-11/h6,8-9H,5,7H2,1-4H3,(H2,15,17,18,19). The first-order valence-corrected chi connectivity index (χ1v) is 7.67. The molecule has 0 fully saturated rings. The van der Waals surface area contributed by atoms with Crippen LogP contribution < -0.4 is 10.6 Å². The van der Waals surface area contributed by atoms with Gasteiger partial charge in [-0.15, -0.1) is 11.3 Å². The first-order valence-electron chi connectivity index (χ1n) is 6.85. The molecule has 0 amide bonds. The molecule has 0 unspecified atom stereocenters. The van der Waals surface area contributed by atoms with Crippen molar-refractivity contribution >= 4 is 23.0 Å². The summed E-state index contributed by atoms with van der Waals surface area (Å²) in [6, 6.07) is 0. The van der Waals surface area contributed by atoms with Crippen LogP contribution in [0.3, 0.4) is 0 Å². The van der Waals surface area contributed by atoms with Gasteiger partial charge in [-0.25, -0.2) is 15.0 Å². The summed E-state index contributed by atoms with van der Waals surface area (Å²) in [6.07, 6.45) is 3.49.